The molecule has 0 N–H and O–H groups in total. The minimum atomic E-state index is -0.754. The fourth-order valence-electron chi connectivity index (χ4n) is 2.74. The first-order valence-electron chi connectivity index (χ1n) is 8.03. The molecule has 0 aliphatic heterocycles. The van der Waals surface area contributed by atoms with Gasteiger partial charge < -0.3 is 14.2 Å². The second kappa shape index (κ2) is 7.33. The van der Waals surface area contributed by atoms with Crippen LogP contribution in [0, 0.1) is 0 Å². The van der Waals surface area contributed by atoms with Crippen LogP contribution in [0.4, 0.5) is 0 Å². The zero-order valence-electron chi connectivity index (χ0n) is 14.5. The van der Waals surface area contributed by atoms with Crippen molar-refractivity contribution in [3.05, 3.63) is 34.8 Å². The molecule has 7 nitrogen and oxygen atoms in total. The Morgan fingerprint density at radius 2 is 1.83 bits per heavy atom. The fourth-order valence-corrected chi connectivity index (χ4v) is 2.74. The smallest absolute Gasteiger partial charge is 0.408 e. The molecule has 0 saturated carbocycles. The van der Waals surface area contributed by atoms with E-state index in [0.717, 1.165) is 0 Å². The zero-order valence-corrected chi connectivity index (χ0v) is 14.5. The van der Waals surface area contributed by atoms with E-state index < -0.39 is 11.8 Å². The highest BCUT2D eigenvalue weighted by Gasteiger charge is 2.25. The summed E-state index contributed by atoms with van der Waals surface area (Å²) in [7, 11) is 1.56. The van der Waals surface area contributed by atoms with Gasteiger partial charge in [-0.25, -0.2) is 4.79 Å². The van der Waals surface area contributed by atoms with Crippen LogP contribution in [0.2, 0.25) is 0 Å². The van der Waals surface area contributed by atoms with E-state index in [2.05, 4.69) is 0 Å². The van der Waals surface area contributed by atoms with Gasteiger partial charge in [0, 0.05) is 20.1 Å². The van der Waals surface area contributed by atoms with Crippen molar-refractivity contribution in [2.75, 3.05) is 26.7 Å². The Balaban J connectivity index is 2.21. The molecule has 24 heavy (non-hydrogen) atoms. The Kier molecular flexibility index (Phi) is 5.43. The van der Waals surface area contributed by atoms with Gasteiger partial charge in [-0.3, -0.25) is 14.2 Å². The predicted molar refractivity (Wildman–Crippen MR) is 90.8 cm³/mol. The summed E-state index contributed by atoms with van der Waals surface area (Å²) in [5.41, 5.74) is 0.996. The number of carbonyl (C=O) groups is 2. The van der Waals surface area contributed by atoms with Crippen molar-refractivity contribution in [3.8, 4) is 0 Å². The van der Waals surface area contributed by atoms with Crippen LogP contribution in [0.1, 0.15) is 26.8 Å². The molecule has 0 radical (unpaired) electrons. The lowest BCUT2D eigenvalue weighted by Gasteiger charge is -2.25. The highest BCUT2D eigenvalue weighted by Crippen LogP contribution is 2.17. The number of rotatable bonds is 6. The third-order valence-corrected chi connectivity index (χ3v) is 4.13. The Labute approximate surface area is 140 Å². The molecule has 1 heterocycles. The molecule has 0 spiro atoms. The lowest BCUT2D eigenvalue weighted by atomic mass is 10.2. The number of benzene rings is 1. The van der Waals surface area contributed by atoms with Crippen LogP contribution in [-0.4, -0.2) is 52.9 Å². The van der Waals surface area contributed by atoms with Crippen LogP contribution < -0.4 is 5.76 Å². The molecule has 2 rings (SSSR count). The molecule has 0 saturated heterocycles. The molecule has 0 aliphatic rings. The highest BCUT2D eigenvalue weighted by molar-refractivity contribution is 5.87. The molecule has 1 unspecified atom stereocenters. The number of para-hydroxylation sites is 2. The van der Waals surface area contributed by atoms with Crippen molar-refractivity contribution in [1.82, 2.24) is 14.4 Å². The average Bonchev–Trinajstić information content (AvgIpc) is 2.90. The number of hydrogen-bond acceptors (Lipinski definition) is 4. The number of fused-ring (bicyclic) bond motifs is 1. The first-order valence-corrected chi connectivity index (χ1v) is 8.03. The second-order valence-electron chi connectivity index (χ2n) is 5.64. The number of likely N-dealkylation sites (N-methyl/N-ethyl adjacent to an activating group) is 2. The van der Waals surface area contributed by atoms with Gasteiger partial charge in [0.25, 0.3) is 0 Å². The Morgan fingerprint density at radius 3 is 2.46 bits per heavy atom. The SMILES string of the molecule is CCN(CC)C(=O)CN(C)C(=O)C(C)n1c(=O)oc2ccccc21. The number of aromatic nitrogens is 1. The van der Waals surface area contributed by atoms with E-state index in [9.17, 15) is 14.4 Å². The van der Waals surface area contributed by atoms with Gasteiger partial charge in [-0.2, -0.15) is 0 Å². The van der Waals surface area contributed by atoms with Crippen LogP contribution in [0.3, 0.4) is 0 Å². The first kappa shape index (κ1) is 17.8. The van der Waals surface area contributed by atoms with E-state index in [-0.39, 0.29) is 18.4 Å². The van der Waals surface area contributed by atoms with Crippen molar-refractivity contribution in [2.24, 2.45) is 0 Å². The van der Waals surface area contributed by atoms with Crippen LogP contribution in [0.25, 0.3) is 11.1 Å². The quantitative estimate of drug-likeness (QED) is 0.802. The standard InChI is InChI=1S/C17H23N3O4/c1-5-19(6-2)15(21)11-18(4)16(22)12(3)20-13-9-7-8-10-14(13)24-17(20)23/h7-10,12H,5-6,11H2,1-4H3. The number of amides is 2. The van der Waals surface area contributed by atoms with E-state index in [4.69, 9.17) is 4.42 Å². The summed E-state index contributed by atoms with van der Waals surface area (Å²) in [6.45, 7) is 6.59. The molecule has 7 heteroatoms. The van der Waals surface area contributed by atoms with Crippen molar-refractivity contribution >= 4 is 22.9 Å². The second-order valence-corrected chi connectivity index (χ2v) is 5.64. The van der Waals surface area contributed by atoms with E-state index in [1.807, 2.05) is 13.8 Å². The van der Waals surface area contributed by atoms with Crippen molar-refractivity contribution < 1.29 is 14.0 Å². The molecular formula is C17H23N3O4. The number of nitrogens with zero attached hydrogens (tertiary/aromatic N) is 3. The molecular weight excluding hydrogens is 310 g/mol. The summed E-state index contributed by atoms with van der Waals surface area (Å²) in [5.74, 6) is -1.02. The van der Waals surface area contributed by atoms with E-state index in [0.29, 0.717) is 24.2 Å². The molecule has 1 atom stereocenters. The third kappa shape index (κ3) is 3.34. The van der Waals surface area contributed by atoms with Gasteiger partial charge in [0.2, 0.25) is 11.8 Å². The van der Waals surface area contributed by atoms with Crippen molar-refractivity contribution in [2.45, 2.75) is 26.8 Å². The minimum Gasteiger partial charge on any atom is -0.408 e. The van der Waals surface area contributed by atoms with Gasteiger partial charge in [-0.05, 0) is 32.9 Å². The Bertz CT molecular complexity index is 788. The van der Waals surface area contributed by atoms with Gasteiger partial charge in [0.15, 0.2) is 5.58 Å². The molecule has 0 fully saturated rings. The zero-order chi connectivity index (χ0) is 17.9. The van der Waals surface area contributed by atoms with Crippen LogP contribution in [0.5, 0.6) is 0 Å². The normalized spacial score (nSPS) is 12.2. The topological polar surface area (TPSA) is 75.8 Å². The Morgan fingerprint density at radius 1 is 1.21 bits per heavy atom. The predicted octanol–water partition coefficient (Wildman–Crippen LogP) is 1.48. The number of carbonyl (C=O) groups excluding carboxylic acids is 2. The van der Waals surface area contributed by atoms with Gasteiger partial charge >= 0.3 is 5.76 Å². The maximum absolute atomic E-state index is 12.6. The summed E-state index contributed by atoms with van der Waals surface area (Å²) in [6, 6.07) is 6.19. The summed E-state index contributed by atoms with van der Waals surface area (Å²) in [6.07, 6.45) is 0. The van der Waals surface area contributed by atoms with Crippen LogP contribution in [0.15, 0.2) is 33.5 Å². The molecule has 1 aromatic heterocycles. The largest absolute Gasteiger partial charge is 0.420 e. The highest BCUT2D eigenvalue weighted by atomic mass is 16.4. The first-order chi connectivity index (χ1) is 11.4. The van der Waals surface area contributed by atoms with Gasteiger partial charge in [0.1, 0.15) is 6.04 Å². The molecule has 0 bridgehead atoms. The molecule has 1 aromatic carbocycles. The average molecular weight is 333 g/mol. The van der Waals surface area contributed by atoms with E-state index in [1.54, 1.807) is 43.1 Å². The monoisotopic (exact) mass is 333 g/mol. The van der Waals surface area contributed by atoms with E-state index >= 15 is 0 Å². The maximum Gasteiger partial charge on any atom is 0.420 e. The molecule has 130 valence electrons. The summed E-state index contributed by atoms with van der Waals surface area (Å²) >= 11 is 0. The van der Waals surface area contributed by atoms with Gasteiger partial charge in [0.05, 0.1) is 12.1 Å². The summed E-state index contributed by atoms with van der Waals surface area (Å²) in [4.78, 5) is 39.9. The molecule has 0 aliphatic carbocycles. The minimum absolute atomic E-state index is 0.0185. The lowest BCUT2D eigenvalue weighted by Crippen LogP contribution is -2.43. The van der Waals surface area contributed by atoms with Crippen molar-refractivity contribution in [1.29, 1.82) is 0 Å². The fraction of sp³-hybridized carbons (Fsp3) is 0.471. The lowest BCUT2D eigenvalue weighted by molar-refractivity contribution is -0.140. The van der Waals surface area contributed by atoms with Crippen LogP contribution in [-0.2, 0) is 9.59 Å². The maximum atomic E-state index is 12.6. The van der Waals surface area contributed by atoms with E-state index in [1.165, 1.54) is 9.47 Å². The van der Waals surface area contributed by atoms with Crippen molar-refractivity contribution in [3.63, 3.8) is 0 Å². The van der Waals surface area contributed by atoms with Gasteiger partial charge in [-0.1, -0.05) is 12.1 Å². The summed E-state index contributed by atoms with van der Waals surface area (Å²) in [5, 5.41) is 0. The van der Waals surface area contributed by atoms with Crippen LogP contribution >= 0.6 is 0 Å². The van der Waals surface area contributed by atoms with Gasteiger partial charge in [-0.15, -0.1) is 0 Å². The molecule has 2 amide bonds. The Hall–Kier alpha value is -2.57. The third-order valence-electron chi connectivity index (χ3n) is 4.13. The number of oxazole rings is 1. The molecule has 2 aromatic rings. The summed E-state index contributed by atoms with van der Waals surface area (Å²) < 4.78 is 6.48. The number of hydrogen-bond donors (Lipinski definition) is 0.